The maximum absolute atomic E-state index is 13.1. The Balaban J connectivity index is 1.73. The van der Waals surface area contributed by atoms with Gasteiger partial charge in [0.2, 0.25) is 11.8 Å². The van der Waals surface area contributed by atoms with E-state index in [9.17, 15) is 9.59 Å². The van der Waals surface area contributed by atoms with Gasteiger partial charge < -0.3 is 19.3 Å². The Kier molecular flexibility index (Phi) is 9.74. The summed E-state index contributed by atoms with van der Waals surface area (Å²) in [5.74, 6) is 1.28. The summed E-state index contributed by atoms with van der Waals surface area (Å²) in [7, 11) is 5.04. The molecule has 7 nitrogen and oxygen atoms in total. The highest BCUT2D eigenvalue weighted by Crippen LogP contribution is 2.32. The van der Waals surface area contributed by atoms with E-state index in [1.165, 1.54) is 30.6 Å². The highest BCUT2D eigenvalue weighted by Gasteiger charge is 2.20. The fourth-order valence-electron chi connectivity index (χ4n) is 4.18. The quantitative estimate of drug-likeness (QED) is 0.478. The Morgan fingerprint density at radius 1 is 0.941 bits per heavy atom. The van der Waals surface area contributed by atoms with E-state index in [2.05, 4.69) is 4.98 Å². The molecule has 0 unspecified atom stereocenters. The molecule has 2 amide bonds. The molecule has 7 heteroatoms. The SMILES string of the molecule is COc1cc(CN(Cc2ccccn2)C(=O)CCC(=O)N(C)C)ccc1OC1CCCCCC1. The second-order valence-electron chi connectivity index (χ2n) is 9.08. The van der Waals surface area contributed by atoms with Gasteiger partial charge in [0.15, 0.2) is 11.5 Å². The molecule has 2 aromatic rings. The first-order valence-corrected chi connectivity index (χ1v) is 12.2. The zero-order chi connectivity index (χ0) is 24.3. The van der Waals surface area contributed by atoms with Crippen LogP contribution in [0.2, 0.25) is 0 Å². The maximum Gasteiger partial charge on any atom is 0.223 e. The third-order valence-electron chi connectivity index (χ3n) is 6.18. The molecule has 184 valence electrons. The van der Waals surface area contributed by atoms with Gasteiger partial charge in [0, 0.05) is 39.7 Å². The summed E-state index contributed by atoms with van der Waals surface area (Å²) >= 11 is 0. The predicted octanol–water partition coefficient (Wildman–Crippen LogP) is 4.59. The molecule has 1 aliphatic carbocycles. The van der Waals surface area contributed by atoms with Crippen molar-refractivity contribution in [1.29, 1.82) is 0 Å². The summed E-state index contributed by atoms with van der Waals surface area (Å²) in [6, 6.07) is 11.5. The molecule has 1 heterocycles. The van der Waals surface area contributed by atoms with Crippen LogP contribution in [0.25, 0.3) is 0 Å². The van der Waals surface area contributed by atoms with Crippen LogP contribution in [0.15, 0.2) is 42.6 Å². The number of carbonyl (C=O) groups excluding carboxylic acids is 2. The lowest BCUT2D eigenvalue weighted by molar-refractivity contribution is -0.136. The lowest BCUT2D eigenvalue weighted by Gasteiger charge is -2.24. The van der Waals surface area contributed by atoms with Crippen molar-refractivity contribution in [2.24, 2.45) is 0 Å². The van der Waals surface area contributed by atoms with E-state index in [0.29, 0.717) is 18.8 Å². The van der Waals surface area contributed by atoms with Crippen LogP contribution >= 0.6 is 0 Å². The van der Waals surface area contributed by atoms with Crippen molar-refractivity contribution >= 4 is 11.8 Å². The van der Waals surface area contributed by atoms with Crippen molar-refractivity contribution in [2.75, 3.05) is 21.2 Å². The molecule has 0 N–H and O–H groups in total. The second-order valence-corrected chi connectivity index (χ2v) is 9.08. The average molecular weight is 468 g/mol. The average Bonchev–Trinajstić information content (AvgIpc) is 3.12. The Morgan fingerprint density at radius 2 is 1.68 bits per heavy atom. The summed E-state index contributed by atoms with van der Waals surface area (Å²) in [5, 5.41) is 0. The Morgan fingerprint density at radius 3 is 2.32 bits per heavy atom. The molecule has 3 rings (SSSR count). The molecule has 1 fully saturated rings. The van der Waals surface area contributed by atoms with Crippen LogP contribution < -0.4 is 9.47 Å². The molecule has 0 saturated heterocycles. The van der Waals surface area contributed by atoms with Gasteiger partial charge in [-0.2, -0.15) is 0 Å². The van der Waals surface area contributed by atoms with Gasteiger partial charge in [-0.05, 0) is 55.5 Å². The fraction of sp³-hybridized carbons (Fsp3) is 0.519. The lowest BCUT2D eigenvalue weighted by Crippen LogP contribution is -2.32. The van der Waals surface area contributed by atoms with Crippen molar-refractivity contribution in [2.45, 2.75) is 70.6 Å². The number of amides is 2. The standard InChI is InChI=1S/C27H37N3O4/c1-29(2)26(31)15-16-27(32)30(20-22-10-8-9-17-28-22)19-21-13-14-24(25(18-21)33-3)34-23-11-6-4-5-7-12-23/h8-10,13-14,17-18,23H,4-7,11-12,15-16,19-20H2,1-3H3. The summed E-state index contributed by atoms with van der Waals surface area (Å²) in [6.45, 7) is 0.768. The van der Waals surface area contributed by atoms with Gasteiger partial charge in [0.1, 0.15) is 0 Å². The first kappa shape index (κ1) is 25.5. The number of hydrogen-bond donors (Lipinski definition) is 0. The van der Waals surface area contributed by atoms with Crippen LogP contribution in [-0.4, -0.2) is 53.9 Å². The van der Waals surface area contributed by atoms with Crippen molar-refractivity contribution in [1.82, 2.24) is 14.8 Å². The minimum Gasteiger partial charge on any atom is -0.493 e. The zero-order valence-electron chi connectivity index (χ0n) is 20.7. The normalized spacial score (nSPS) is 14.2. The number of pyridine rings is 1. The minimum absolute atomic E-state index is 0.0622. The van der Waals surface area contributed by atoms with Gasteiger partial charge in [-0.1, -0.05) is 25.0 Å². The van der Waals surface area contributed by atoms with Gasteiger partial charge >= 0.3 is 0 Å². The number of rotatable bonds is 10. The van der Waals surface area contributed by atoms with Gasteiger partial charge in [-0.3, -0.25) is 14.6 Å². The summed E-state index contributed by atoms with van der Waals surface area (Å²) in [4.78, 5) is 32.7. The van der Waals surface area contributed by atoms with Gasteiger partial charge in [0.25, 0.3) is 0 Å². The number of ether oxygens (including phenoxy) is 2. The van der Waals surface area contributed by atoms with E-state index in [1.807, 2.05) is 36.4 Å². The van der Waals surface area contributed by atoms with Crippen molar-refractivity contribution in [3.8, 4) is 11.5 Å². The molecular weight excluding hydrogens is 430 g/mol. The minimum atomic E-state index is -0.0846. The van der Waals surface area contributed by atoms with Gasteiger partial charge in [-0.25, -0.2) is 0 Å². The van der Waals surface area contributed by atoms with Crippen molar-refractivity contribution in [3.63, 3.8) is 0 Å². The first-order valence-electron chi connectivity index (χ1n) is 12.2. The molecule has 0 spiro atoms. The highest BCUT2D eigenvalue weighted by atomic mass is 16.5. The monoisotopic (exact) mass is 467 g/mol. The van der Waals surface area contributed by atoms with Crippen LogP contribution in [0.4, 0.5) is 0 Å². The maximum atomic E-state index is 13.1. The van der Waals surface area contributed by atoms with E-state index in [4.69, 9.17) is 9.47 Å². The van der Waals surface area contributed by atoms with E-state index in [0.717, 1.165) is 29.8 Å². The summed E-state index contributed by atoms with van der Waals surface area (Å²) in [6.07, 6.45) is 9.37. The predicted molar refractivity (Wildman–Crippen MR) is 132 cm³/mol. The Hall–Kier alpha value is -3.09. The van der Waals surface area contributed by atoms with E-state index < -0.39 is 0 Å². The zero-order valence-corrected chi connectivity index (χ0v) is 20.7. The van der Waals surface area contributed by atoms with Crippen molar-refractivity contribution in [3.05, 3.63) is 53.9 Å². The molecule has 34 heavy (non-hydrogen) atoms. The molecular formula is C27H37N3O4. The summed E-state index contributed by atoms with van der Waals surface area (Å²) in [5.41, 5.74) is 1.74. The number of aromatic nitrogens is 1. The van der Waals surface area contributed by atoms with Crippen molar-refractivity contribution < 1.29 is 19.1 Å². The number of benzene rings is 1. The van der Waals surface area contributed by atoms with Crippen LogP contribution in [0.3, 0.4) is 0 Å². The molecule has 0 bridgehead atoms. The Labute approximate surface area is 203 Å². The van der Waals surface area contributed by atoms with E-state index in [1.54, 1.807) is 32.3 Å². The molecule has 1 aromatic heterocycles. The third-order valence-corrected chi connectivity index (χ3v) is 6.18. The summed E-state index contributed by atoms with van der Waals surface area (Å²) < 4.78 is 11.9. The number of nitrogens with zero attached hydrogens (tertiary/aromatic N) is 3. The van der Waals surface area contributed by atoms with E-state index in [-0.39, 0.29) is 30.8 Å². The van der Waals surface area contributed by atoms with Crippen LogP contribution in [0.1, 0.15) is 62.6 Å². The molecule has 0 atom stereocenters. The molecule has 1 aromatic carbocycles. The largest absolute Gasteiger partial charge is 0.493 e. The first-order chi connectivity index (χ1) is 16.5. The van der Waals surface area contributed by atoms with Crippen LogP contribution in [0.5, 0.6) is 11.5 Å². The fourth-order valence-corrected chi connectivity index (χ4v) is 4.18. The number of hydrogen-bond acceptors (Lipinski definition) is 5. The molecule has 0 radical (unpaired) electrons. The van der Waals surface area contributed by atoms with E-state index >= 15 is 0 Å². The Bertz CT molecular complexity index is 925. The second kappa shape index (κ2) is 13.0. The van der Waals surface area contributed by atoms with Crippen LogP contribution in [-0.2, 0) is 22.7 Å². The highest BCUT2D eigenvalue weighted by molar-refractivity contribution is 5.83. The molecule has 1 saturated carbocycles. The molecule has 0 aliphatic heterocycles. The smallest absolute Gasteiger partial charge is 0.223 e. The number of carbonyl (C=O) groups is 2. The number of methoxy groups -OCH3 is 1. The van der Waals surface area contributed by atoms with Gasteiger partial charge in [0.05, 0.1) is 25.5 Å². The molecule has 1 aliphatic rings. The van der Waals surface area contributed by atoms with Gasteiger partial charge in [-0.15, -0.1) is 0 Å². The lowest BCUT2D eigenvalue weighted by atomic mass is 10.1. The van der Waals surface area contributed by atoms with Crippen LogP contribution in [0, 0.1) is 0 Å². The third kappa shape index (κ3) is 7.75. The topological polar surface area (TPSA) is 72.0 Å².